The summed E-state index contributed by atoms with van der Waals surface area (Å²) in [5.41, 5.74) is 0.765. The van der Waals surface area contributed by atoms with E-state index >= 15 is 0 Å². The van der Waals surface area contributed by atoms with Crippen LogP contribution < -0.4 is 0 Å². The van der Waals surface area contributed by atoms with Crippen LogP contribution in [0.15, 0.2) is 36.4 Å². The predicted octanol–water partition coefficient (Wildman–Crippen LogP) is 4.28. The third kappa shape index (κ3) is 2.14. The average molecular weight is 322 g/mol. The third-order valence-corrected chi connectivity index (χ3v) is 3.67. The van der Waals surface area contributed by atoms with E-state index in [1.807, 2.05) is 0 Å². The first-order valence-electron chi connectivity index (χ1n) is 6.39. The molecule has 0 bridgehead atoms. The molecular weight excluding hydrogens is 312 g/mol. The van der Waals surface area contributed by atoms with Gasteiger partial charge in [-0.25, -0.2) is 8.78 Å². The maximum absolute atomic E-state index is 13.9. The van der Waals surface area contributed by atoms with Crippen LogP contribution in [-0.2, 0) is 0 Å². The van der Waals surface area contributed by atoms with Gasteiger partial charge in [-0.3, -0.25) is 9.36 Å². The molecule has 3 aromatic rings. The van der Waals surface area contributed by atoms with Gasteiger partial charge in [0.1, 0.15) is 0 Å². The van der Waals surface area contributed by atoms with Gasteiger partial charge in [0.15, 0.2) is 17.4 Å². The van der Waals surface area contributed by atoms with Gasteiger partial charge in [0.2, 0.25) is 0 Å². The van der Waals surface area contributed by atoms with Gasteiger partial charge in [0.25, 0.3) is 5.91 Å². The highest BCUT2D eigenvalue weighted by Gasteiger charge is 2.21. The number of aromatic nitrogens is 1. The van der Waals surface area contributed by atoms with Crippen molar-refractivity contribution in [2.45, 2.75) is 6.92 Å². The zero-order valence-corrected chi connectivity index (χ0v) is 12.2. The Bertz CT molecular complexity index is 918. The van der Waals surface area contributed by atoms with Crippen LogP contribution in [0.1, 0.15) is 16.1 Å². The molecule has 0 spiro atoms. The largest absolute Gasteiger partial charge is 0.503 e. The summed E-state index contributed by atoms with van der Waals surface area (Å²) in [5.74, 6) is -3.72. The number of carbonyl (C=O) groups is 1. The van der Waals surface area contributed by atoms with E-state index < -0.39 is 23.3 Å². The summed E-state index contributed by atoms with van der Waals surface area (Å²) in [7, 11) is 0. The van der Waals surface area contributed by atoms with Crippen LogP contribution in [0.2, 0.25) is 5.02 Å². The van der Waals surface area contributed by atoms with Crippen LogP contribution in [0.5, 0.6) is 5.75 Å². The number of fused-ring (bicyclic) bond motifs is 1. The smallest absolute Gasteiger partial charge is 0.262 e. The average Bonchev–Trinajstić information content (AvgIpc) is 2.80. The number of benzene rings is 2. The third-order valence-electron chi connectivity index (χ3n) is 3.43. The lowest BCUT2D eigenvalue weighted by atomic mass is 10.2. The van der Waals surface area contributed by atoms with Crippen molar-refractivity contribution in [3.05, 3.63) is 64.3 Å². The number of aryl methyl sites for hydroxylation is 1. The molecular formula is C16H10ClF2NO2. The molecule has 0 amide bonds. The zero-order chi connectivity index (χ0) is 16.0. The number of halogens is 3. The Balaban J connectivity index is 2.27. The lowest BCUT2D eigenvalue weighted by Gasteiger charge is -2.08. The topological polar surface area (TPSA) is 42.2 Å². The molecule has 0 aliphatic heterocycles. The van der Waals surface area contributed by atoms with Gasteiger partial charge < -0.3 is 5.11 Å². The minimum absolute atomic E-state index is 0.0215. The molecule has 6 heteroatoms. The van der Waals surface area contributed by atoms with E-state index in [1.165, 1.54) is 16.7 Å². The number of hydrogen-bond acceptors (Lipinski definition) is 2. The fraction of sp³-hybridized carbons (Fsp3) is 0.0625. The number of carbonyl (C=O) groups excluding carboxylic acids is 1. The molecule has 0 radical (unpaired) electrons. The minimum atomic E-state index is -1.12. The number of rotatable bonds is 1. The summed E-state index contributed by atoms with van der Waals surface area (Å²) < 4.78 is 28.7. The Hall–Kier alpha value is -2.40. The second kappa shape index (κ2) is 5.10. The number of aromatic hydroxyl groups is 1. The van der Waals surface area contributed by atoms with Crippen LogP contribution in [0.4, 0.5) is 8.78 Å². The van der Waals surface area contributed by atoms with Crippen molar-refractivity contribution >= 4 is 28.4 Å². The van der Waals surface area contributed by atoms with Crippen molar-refractivity contribution < 1.29 is 18.7 Å². The van der Waals surface area contributed by atoms with Crippen molar-refractivity contribution in [1.29, 1.82) is 0 Å². The normalized spacial score (nSPS) is 11.1. The highest BCUT2D eigenvalue weighted by molar-refractivity contribution is 6.31. The lowest BCUT2D eigenvalue weighted by Crippen LogP contribution is -2.13. The molecule has 0 unspecified atom stereocenters. The second-order valence-electron chi connectivity index (χ2n) is 4.89. The molecule has 2 aromatic carbocycles. The van der Waals surface area contributed by atoms with Crippen molar-refractivity contribution in [2.75, 3.05) is 0 Å². The molecule has 0 saturated carbocycles. The molecule has 22 heavy (non-hydrogen) atoms. The Kier molecular flexibility index (Phi) is 3.37. The van der Waals surface area contributed by atoms with Crippen LogP contribution >= 0.6 is 11.6 Å². The van der Waals surface area contributed by atoms with E-state index in [0.29, 0.717) is 16.3 Å². The van der Waals surface area contributed by atoms with E-state index in [9.17, 15) is 18.7 Å². The Morgan fingerprint density at radius 3 is 2.64 bits per heavy atom. The molecule has 0 atom stereocenters. The van der Waals surface area contributed by atoms with Crippen molar-refractivity contribution in [3.63, 3.8) is 0 Å². The summed E-state index contributed by atoms with van der Waals surface area (Å²) in [6, 6.07) is 8.59. The predicted molar refractivity (Wildman–Crippen MR) is 79.4 cm³/mol. The standard InChI is InChI=1S/C16H10ClF2NO2/c1-8-5-11-13(7-12(18)15(21)14(11)19)20(8)16(22)9-3-2-4-10(17)6-9/h2-7,21H,1H3. The van der Waals surface area contributed by atoms with E-state index in [0.717, 1.165) is 6.07 Å². The SMILES string of the molecule is Cc1cc2c(F)c(O)c(F)cc2n1C(=O)c1cccc(Cl)c1. The van der Waals surface area contributed by atoms with Crippen LogP contribution in [-0.4, -0.2) is 15.6 Å². The zero-order valence-electron chi connectivity index (χ0n) is 11.4. The molecule has 0 fully saturated rings. The van der Waals surface area contributed by atoms with Gasteiger partial charge in [-0.05, 0) is 31.2 Å². The van der Waals surface area contributed by atoms with Gasteiger partial charge in [-0.2, -0.15) is 0 Å². The molecule has 1 aromatic heterocycles. The lowest BCUT2D eigenvalue weighted by molar-refractivity contribution is 0.0963. The van der Waals surface area contributed by atoms with Gasteiger partial charge in [0.05, 0.1) is 5.52 Å². The van der Waals surface area contributed by atoms with E-state index in [-0.39, 0.29) is 10.9 Å². The van der Waals surface area contributed by atoms with Gasteiger partial charge in [-0.15, -0.1) is 0 Å². The number of phenols is 1. The first kappa shape index (κ1) is 14.5. The Labute approximate surface area is 129 Å². The molecule has 3 rings (SSSR count). The Morgan fingerprint density at radius 1 is 1.23 bits per heavy atom. The molecule has 0 saturated heterocycles. The summed E-state index contributed by atoms with van der Waals surface area (Å²) >= 11 is 5.87. The van der Waals surface area contributed by atoms with Crippen LogP contribution in [0.3, 0.4) is 0 Å². The molecule has 1 heterocycles. The quantitative estimate of drug-likeness (QED) is 0.727. The second-order valence-corrected chi connectivity index (χ2v) is 5.33. The summed E-state index contributed by atoms with van der Waals surface area (Å²) in [6.07, 6.45) is 0. The molecule has 3 nitrogen and oxygen atoms in total. The van der Waals surface area contributed by atoms with E-state index in [1.54, 1.807) is 25.1 Å². The van der Waals surface area contributed by atoms with Gasteiger partial charge >= 0.3 is 0 Å². The van der Waals surface area contributed by atoms with Crippen LogP contribution in [0.25, 0.3) is 10.9 Å². The van der Waals surface area contributed by atoms with Crippen molar-refractivity contribution in [3.8, 4) is 5.75 Å². The fourth-order valence-electron chi connectivity index (χ4n) is 2.42. The first-order chi connectivity index (χ1) is 10.4. The first-order valence-corrected chi connectivity index (χ1v) is 6.77. The molecule has 112 valence electrons. The van der Waals surface area contributed by atoms with Crippen LogP contribution in [0, 0.1) is 18.6 Å². The highest BCUT2D eigenvalue weighted by atomic mass is 35.5. The van der Waals surface area contributed by atoms with E-state index in [2.05, 4.69) is 0 Å². The highest BCUT2D eigenvalue weighted by Crippen LogP contribution is 2.31. The minimum Gasteiger partial charge on any atom is -0.503 e. The molecule has 0 aliphatic rings. The maximum atomic E-state index is 13.9. The van der Waals surface area contributed by atoms with Crippen molar-refractivity contribution in [1.82, 2.24) is 4.57 Å². The summed E-state index contributed by atoms with van der Waals surface area (Å²) in [6.45, 7) is 1.59. The monoisotopic (exact) mass is 321 g/mol. The number of hydrogen-bond donors (Lipinski definition) is 1. The van der Waals surface area contributed by atoms with Gasteiger partial charge in [-0.1, -0.05) is 17.7 Å². The molecule has 1 N–H and O–H groups in total. The number of phenolic OH excluding ortho intramolecular Hbond substituents is 1. The molecule has 0 aliphatic carbocycles. The number of nitrogens with zero attached hydrogens (tertiary/aromatic N) is 1. The van der Waals surface area contributed by atoms with Gasteiger partial charge in [0, 0.05) is 27.7 Å². The summed E-state index contributed by atoms with van der Waals surface area (Å²) in [5, 5.41) is 9.70. The van der Waals surface area contributed by atoms with Crippen molar-refractivity contribution in [2.24, 2.45) is 0 Å². The fourth-order valence-corrected chi connectivity index (χ4v) is 2.61. The maximum Gasteiger partial charge on any atom is 0.262 e. The summed E-state index contributed by atoms with van der Waals surface area (Å²) in [4.78, 5) is 12.6. The Morgan fingerprint density at radius 2 is 1.95 bits per heavy atom. The van der Waals surface area contributed by atoms with E-state index in [4.69, 9.17) is 11.6 Å².